The fraction of sp³-hybridized carbons (Fsp3) is 0.167. The number of fused-ring (bicyclic) bond motifs is 1. The third-order valence-electron chi connectivity index (χ3n) is 5.70. The van der Waals surface area contributed by atoms with Crippen LogP contribution in [0.3, 0.4) is 0 Å². The molecule has 0 saturated carbocycles. The van der Waals surface area contributed by atoms with Crippen molar-refractivity contribution in [2.24, 2.45) is 0 Å². The summed E-state index contributed by atoms with van der Waals surface area (Å²) in [6, 6.07) is 16.2. The molecule has 0 aliphatic carbocycles. The van der Waals surface area contributed by atoms with E-state index in [1.165, 1.54) is 17.4 Å². The van der Waals surface area contributed by atoms with Gasteiger partial charge in [-0.25, -0.2) is 4.98 Å². The van der Waals surface area contributed by atoms with Gasteiger partial charge < -0.3 is 10.2 Å². The molecule has 1 N–H and O–H groups in total. The second-order valence-corrected chi connectivity index (χ2v) is 10.7. The predicted octanol–water partition coefficient (Wildman–Crippen LogP) is 7.25. The summed E-state index contributed by atoms with van der Waals surface area (Å²) in [4.78, 5) is 31.3. The van der Waals surface area contributed by atoms with Crippen LogP contribution in [0.5, 0.6) is 0 Å². The summed E-state index contributed by atoms with van der Waals surface area (Å²) in [5.74, 6) is -0.429. The fourth-order valence-electron chi connectivity index (χ4n) is 4.08. The van der Waals surface area contributed by atoms with Crippen LogP contribution in [0, 0.1) is 10.1 Å². The van der Waals surface area contributed by atoms with Gasteiger partial charge in [0.05, 0.1) is 20.8 Å². The van der Waals surface area contributed by atoms with Gasteiger partial charge in [0.2, 0.25) is 0 Å². The molecule has 34 heavy (non-hydrogen) atoms. The van der Waals surface area contributed by atoms with Crippen LogP contribution in [0.15, 0.2) is 63.5 Å². The highest BCUT2D eigenvalue weighted by Crippen LogP contribution is 2.41. The summed E-state index contributed by atoms with van der Waals surface area (Å²) < 4.78 is 2.55. The first-order valence-corrected chi connectivity index (χ1v) is 13.0. The van der Waals surface area contributed by atoms with Crippen molar-refractivity contribution in [3.8, 4) is 10.6 Å². The number of carbonyl (C=O) groups excluding carboxylic acids is 1. The zero-order chi connectivity index (χ0) is 23.8. The zero-order valence-electron chi connectivity index (χ0n) is 17.8. The Hall–Kier alpha value is -2.82. The highest BCUT2D eigenvalue weighted by atomic mass is 79.9. The molecule has 172 valence electrons. The number of rotatable bonds is 5. The Kier molecular flexibility index (Phi) is 6.37. The first kappa shape index (κ1) is 22.9. The molecule has 0 unspecified atom stereocenters. The average Bonchev–Trinajstić information content (AvgIpc) is 3.50. The number of hydrogen-bond donors (Lipinski definition) is 1. The van der Waals surface area contributed by atoms with Crippen molar-refractivity contribution in [1.82, 2.24) is 4.98 Å². The number of nitro groups is 1. The van der Waals surface area contributed by atoms with E-state index in [-0.39, 0.29) is 11.3 Å². The Morgan fingerprint density at radius 2 is 1.85 bits per heavy atom. The number of amides is 1. The molecule has 0 spiro atoms. The largest absolute Gasteiger partial charge is 0.366 e. The molecule has 1 amide bonds. The number of thiazole rings is 1. The quantitative estimate of drug-likeness (QED) is 0.192. The molecule has 7 nitrogen and oxygen atoms in total. The van der Waals surface area contributed by atoms with Crippen molar-refractivity contribution < 1.29 is 9.72 Å². The monoisotopic (exact) mass is 600 g/mol. The van der Waals surface area contributed by atoms with E-state index in [9.17, 15) is 14.9 Å². The molecular formula is C24H18Br2N4O3S. The molecule has 2 heterocycles. The molecule has 1 aliphatic heterocycles. The normalized spacial score (nSPS) is 13.4. The van der Waals surface area contributed by atoms with Crippen LogP contribution in [0.25, 0.3) is 20.8 Å². The molecule has 1 saturated heterocycles. The topological polar surface area (TPSA) is 88.4 Å². The lowest BCUT2D eigenvalue weighted by molar-refractivity contribution is -0.384. The summed E-state index contributed by atoms with van der Waals surface area (Å²) in [6.45, 7) is 1.56. The third-order valence-corrected chi connectivity index (χ3v) is 7.85. The summed E-state index contributed by atoms with van der Waals surface area (Å²) in [5.41, 5.74) is 2.90. The van der Waals surface area contributed by atoms with Gasteiger partial charge in [-0.15, -0.1) is 11.3 Å². The smallest absolute Gasteiger partial charge is 0.293 e. The van der Waals surface area contributed by atoms with Crippen LogP contribution >= 0.6 is 43.2 Å². The minimum atomic E-state index is -0.429. The van der Waals surface area contributed by atoms with Gasteiger partial charge in [-0.1, -0.05) is 28.1 Å². The number of para-hydroxylation sites is 1. The van der Waals surface area contributed by atoms with Gasteiger partial charge >= 0.3 is 0 Å². The van der Waals surface area contributed by atoms with Gasteiger partial charge in [0.1, 0.15) is 10.7 Å². The lowest BCUT2D eigenvalue weighted by Gasteiger charge is -2.18. The van der Waals surface area contributed by atoms with E-state index in [4.69, 9.17) is 4.98 Å². The predicted molar refractivity (Wildman–Crippen MR) is 143 cm³/mol. The number of nitrogens with zero attached hydrogens (tertiary/aromatic N) is 3. The maximum Gasteiger partial charge on any atom is 0.293 e. The minimum Gasteiger partial charge on any atom is -0.366 e. The lowest BCUT2D eigenvalue weighted by atomic mass is 10.1. The number of carbonyl (C=O) groups is 1. The van der Waals surface area contributed by atoms with E-state index >= 15 is 0 Å². The number of benzene rings is 3. The van der Waals surface area contributed by atoms with Crippen LogP contribution in [-0.4, -0.2) is 28.9 Å². The minimum absolute atomic E-state index is 0.0594. The lowest BCUT2D eigenvalue weighted by Crippen LogP contribution is -2.20. The van der Waals surface area contributed by atoms with Crippen molar-refractivity contribution >= 4 is 76.4 Å². The Morgan fingerprint density at radius 1 is 1.09 bits per heavy atom. The van der Waals surface area contributed by atoms with Crippen LogP contribution in [0.2, 0.25) is 0 Å². The van der Waals surface area contributed by atoms with Crippen molar-refractivity contribution in [3.05, 3.63) is 79.2 Å². The number of halogens is 2. The Balaban J connectivity index is 1.51. The van der Waals surface area contributed by atoms with E-state index < -0.39 is 10.8 Å². The average molecular weight is 602 g/mol. The molecular weight excluding hydrogens is 584 g/mol. The Labute approximate surface area is 216 Å². The Bertz CT molecular complexity index is 1400. The van der Waals surface area contributed by atoms with Gasteiger partial charge in [-0.2, -0.15) is 0 Å². The Morgan fingerprint density at radius 3 is 2.59 bits per heavy atom. The number of aromatic nitrogens is 1. The molecule has 5 rings (SSSR count). The number of nitrogens with one attached hydrogen (secondary N) is 1. The first-order chi connectivity index (χ1) is 16.4. The molecule has 1 fully saturated rings. The molecule has 0 bridgehead atoms. The SMILES string of the molecule is O=C(Nc1c(Br)cc(Br)cc1-c1nc2ccccc2s1)c1ccc(N2CCCC2)c([N+](=O)[O-])c1. The summed E-state index contributed by atoms with van der Waals surface area (Å²) >= 11 is 8.60. The van der Waals surface area contributed by atoms with E-state index in [0.717, 1.165) is 51.2 Å². The second-order valence-electron chi connectivity index (χ2n) is 7.91. The molecule has 0 radical (unpaired) electrons. The second kappa shape index (κ2) is 9.44. The molecule has 10 heteroatoms. The van der Waals surface area contributed by atoms with E-state index in [1.54, 1.807) is 12.1 Å². The molecule has 1 aromatic heterocycles. The van der Waals surface area contributed by atoms with Gasteiger partial charge in [0, 0.05) is 39.2 Å². The van der Waals surface area contributed by atoms with E-state index in [2.05, 4.69) is 37.2 Å². The van der Waals surface area contributed by atoms with E-state index in [0.29, 0.717) is 15.8 Å². The van der Waals surface area contributed by atoms with Gasteiger partial charge in [0.25, 0.3) is 11.6 Å². The van der Waals surface area contributed by atoms with E-state index in [1.807, 2.05) is 41.3 Å². The van der Waals surface area contributed by atoms with Crippen molar-refractivity contribution in [2.75, 3.05) is 23.3 Å². The van der Waals surface area contributed by atoms with Crippen LogP contribution in [-0.2, 0) is 0 Å². The molecule has 0 atom stereocenters. The van der Waals surface area contributed by atoms with Crippen LogP contribution in [0.1, 0.15) is 23.2 Å². The number of anilines is 2. The third kappa shape index (κ3) is 4.45. The van der Waals surface area contributed by atoms with Gasteiger partial charge in [0.15, 0.2) is 0 Å². The van der Waals surface area contributed by atoms with Gasteiger partial charge in [-0.3, -0.25) is 14.9 Å². The maximum absolute atomic E-state index is 13.2. The standard InChI is InChI=1S/C24H18Br2N4O3S/c25-15-12-16(24-27-18-5-1-2-6-21(18)34-24)22(17(26)13-15)28-23(31)14-7-8-19(20(11-14)30(32)33)29-9-3-4-10-29/h1-2,5-8,11-13H,3-4,9-10H2,(H,28,31). The fourth-order valence-corrected chi connectivity index (χ4v) is 6.39. The molecule has 3 aromatic carbocycles. The highest BCUT2D eigenvalue weighted by molar-refractivity contribution is 9.11. The van der Waals surface area contributed by atoms with Crippen LogP contribution < -0.4 is 10.2 Å². The van der Waals surface area contributed by atoms with Crippen LogP contribution in [0.4, 0.5) is 17.1 Å². The van der Waals surface area contributed by atoms with Crippen molar-refractivity contribution in [3.63, 3.8) is 0 Å². The highest BCUT2D eigenvalue weighted by Gasteiger charge is 2.25. The summed E-state index contributed by atoms with van der Waals surface area (Å²) in [6.07, 6.45) is 2.01. The van der Waals surface area contributed by atoms with Crippen molar-refractivity contribution in [2.45, 2.75) is 12.8 Å². The summed E-state index contributed by atoms with van der Waals surface area (Å²) in [7, 11) is 0. The van der Waals surface area contributed by atoms with Crippen molar-refractivity contribution in [1.29, 1.82) is 0 Å². The molecule has 4 aromatic rings. The zero-order valence-corrected chi connectivity index (χ0v) is 21.7. The summed E-state index contributed by atoms with van der Waals surface area (Å²) in [5, 5.41) is 15.5. The number of hydrogen-bond acceptors (Lipinski definition) is 6. The first-order valence-electron chi connectivity index (χ1n) is 10.6. The number of nitro benzene ring substituents is 1. The maximum atomic E-state index is 13.2. The van der Waals surface area contributed by atoms with Gasteiger partial charge in [-0.05, 0) is 65.2 Å². The molecule has 1 aliphatic rings.